The van der Waals surface area contributed by atoms with Crippen LogP contribution in [-0.2, 0) is 4.74 Å². The van der Waals surface area contributed by atoms with Gasteiger partial charge in [-0.25, -0.2) is 0 Å². The van der Waals surface area contributed by atoms with Crippen molar-refractivity contribution in [3.8, 4) is 0 Å². The first kappa shape index (κ1) is 9.19. The van der Waals surface area contributed by atoms with Crippen molar-refractivity contribution in [1.29, 1.82) is 0 Å². The highest BCUT2D eigenvalue weighted by molar-refractivity contribution is 5.13. The quantitative estimate of drug-likeness (QED) is 0.626. The van der Waals surface area contributed by atoms with Crippen LogP contribution in [0.4, 0.5) is 0 Å². The molecular formula is C10H17NO2. The largest absolute Gasteiger partial charge is 0.378 e. The summed E-state index contributed by atoms with van der Waals surface area (Å²) in [4.78, 5) is 0. The van der Waals surface area contributed by atoms with Crippen molar-refractivity contribution in [3.05, 3.63) is 11.6 Å². The molecule has 1 saturated heterocycles. The van der Waals surface area contributed by atoms with Gasteiger partial charge in [0.05, 0.1) is 19.3 Å². The molecule has 13 heavy (non-hydrogen) atoms. The second-order valence-corrected chi connectivity index (χ2v) is 3.78. The normalized spacial score (nSPS) is 31.5. The lowest BCUT2D eigenvalue weighted by atomic mass is 9.93. The van der Waals surface area contributed by atoms with E-state index in [1.807, 2.05) is 0 Å². The Kier molecular flexibility index (Phi) is 2.98. The van der Waals surface area contributed by atoms with Crippen molar-refractivity contribution < 1.29 is 9.94 Å². The maximum absolute atomic E-state index is 9.63. The predicted molar refractivity (Wildman–Crippen MR) is 49.7 cm³/mol. The molecule has 2 aliphatic rings. The summed E-state index contributed by atoms with van der Waals surface area (Å²) in [6.45, 7) is 1.95. The molecule has 3 heteroatoms. The maximum Gasteiger partial charge on any atom is 0.0794 e. The van der Waals surface area contributed by atoms with Crippen molar-refractivity contribution in [2.24, 2.45) is 0 Å². The summed E-state index contributed by atoms with van der Waals surface area (Å²) in [5, 5.41) is 11.1. The Morgan fingerprint density at radius 3 is 3.08 bits per heavy atom. The summed E-state index contributed by atoms with van der Waals surface area (Å²) in [6, 6.07) is 0.133. The minimum Gasteiger partial charge on any atom is -0.378 e. The summed E-state index contributed by atoms with van der Waals surface area (Å²) in [7, 11) is 0. The molecule has 2 rings (SSSR count). The van der Waals surface area contributed by atoms with Gasteiger partial charge in [0.25, 0.3) is 0 Å². The smallest absolute Gasteiger partial charge is 0.0794 e. The van der Waals surface area contributed by atoms with E-state index >= 15 is 0 Å². The second-order valence-electron chi connectivity index (χ2n) is 3.78. The minimum absolute atomic E-state index is 0.133. The van der Waals surface area contributed by atoms with E-state index in [-0.39, 0.29) is 6.04 Å². The number of nitrogens with zero attached hydrogens (tertiary/aromatic N) is 1. The van der Waals surface area contributed by atoms with E-state index in [1.165, 1.54) is 29.9 Å². The van der Waals surface area contributed by atoms with Gasteiger partial charge in [-0.05, 0) is 25.7 Å². The van der Waals surface area contributed by atoms with Gasteiger partial charge in [-0.15, -0.1) is 0 Å². The Labute approximate surface area is 78.9 Å². The number of hydrogen-bond donors (Lipinski definition) is 1. The van der Waals surface area contributed by atoms with Crippen LogP contribution in [0.2, 0.25) is 0 Å². The fraction of sp³-hybridized carbons (Fsp3) is 0.800. The molecule has 0 bridgehead atoms. The third-order valence-electron chi connectivity index (χ3n) is 2.85. The number of hydroxylamine groups is 2. The van der Waals surface area contributed by atoms with Gasteiger partial charge in [-0.2, -0.15) is 5.06 Å². The van der Waals surface area contributed by atoms with E-state index in [2.05, 4.69) is 6.08 Å². The van der Waals surface area contributed by atoms with Gasteiger partial charge in [0, 0.05) is 6.54 Å². The number of rotatable bonds is 1. The fourth-order valence-electron chi connectivity index (χ4n) is 2.06. The molecule has 0 aromatic carbocycles. The van der Waals surface area contributed by atoms with Crippen LogP contribution >= 0.6 is 0 Å². The number of ether oxygens (including phenoxy) is 1. The zero-order valence-electron chi connectivity index (χ0n) is 7.91. The van der Waals surface area contributed by atoms with E-state index < -0.39 is 0 Å². The SMILES string of the molecule is ON1CCOCC1C1=CCCCC1. The standard InChI is InChI=1S/C10H17NO2/c12-11-6-7-13-8-10(11)9-4-2-1-3-5-9/h4,10,12H,1-3,5-8H2. The van der Waals surface area contributed by atoms with Crippen LogP contribution in [-0.4, -0.2) is 36.1 Å². The summed E-state index contributed by atoms with van der Waals surface area (Å²) >= 11 is 0. The molecule has 0 aromatic heterocycles. The lowest BCUT2D eigenvalue weighted by molar-refractivity contribution is -0.171. The third kappa shape index (κ3) is 2.10. The zero-order chi connectivity index (χ0) is 9.10. The molecular weight excluding hydrogens is 166 g/mol. The number of hydrogen-bond acceptors (Lipinski definition) is 3. The van der Waals surface area contributed by atoms with Crippen molar-refractivity contribution in [1.82, 2.24) is 5.06 Å². The van der Waals surface area contributed by atoms with Gasteiger partial charge in [0.2, 0.25) is 0 Å². The first-order chi connectivity index (χ1) is 6.38. The van der Waals surface area contributed by atoms with E-state index in [1.54, 1.807) is 0 Å². The lowest BCUT2D eigenvalue weighted by Gasteiger charge is -2.33. The first-order valence-corrected chi connectivity index (χ1v) is 5.10. The molecule has 1 aliphatic heterocycles. The predicted octanol–water partition coefficient (Wildman–Crippen LogP) is 1.58. The average Bonchev–Trinajstić information content (AvgIpc) is 2.20. The summed E-state index contributed by atoms with van der Waals surface area (Å²) in [6.07, 6.45) is 7.12. The molecule has 0 spiro atoms. The fourth-order valence-corrected chi connectivity index (χ4v) is 2.06. The van der Waals surface area contributed by atoms with E-state index in [0.717, 1.165) is 6.42 Å². The van der Waals surface area contributed by atoms with Crippen LogP contribution in [0.25, 0.3) is 0 Å². The topological polar surface area (TPSA) is 32.7 Å². The summed E-state index contributed by atoms with van der Waals surface area (Å²) < 4.78 is 5.36. The van der Waals surface area contributed by atoms with Crippen molar-refractivity contribution in [3.63, 3.8) is 0 Å². The number of allylic oxidation sites excluding steroid dienone is 1. The molecule has 0 amide bonds. The molecule has 1 fully saturated rings. The first-order valence-electron chi connectivity index (χ1n) is 5.10. The molecule has 0 radical (unpaired) electrons. The molecule has 74 valence electrons. The van der Waals surface area contributed by atoms with Crippen molar-refractivity contribution in [2.45, 2.75) is 31.7 Å². The van der Waals surface area contributed by atoms with Crippen molar-refractivity contribution in [2.75, 3.05) is 19.8 Å². The van der Waals surface area contributed by atoms with Gasteiger partial charge < -0.3 is 9.94 Å². The van der Waals surface area contributed by atoms with Crippen LogP contribution in [0, 0.1) is 0 Å². The summed E-state index contributed by atoms with van der Waals surface area (Å²) in [5.74, 6) is 0. The van der Waals surface area contributed by atoms with Gasteiger partial charge >= 0.3 is 0 Å². The molecule has 1 atom stereocenters. The summed E-state index contributed by atoms with van der Waals surface area (Å²) in [5.41, 5.74) is 1.37. The Morgan fingerprint density at radius 1 is 1.46 bits per heavy atom. The highest BCUT2D eigenvalue weighted by Crippen LogP contribution is 2.24. The average molecular weight is 183 g/mol. The Balaban J connectivity index is 2.00. The van der Waals surface area contributed by atoms with Crippen LogP contribution in [0.1, 0.15) is 25.7 Å². The number of morpholine rings is 1. The molecule has 0 aromatic rings. The molecule has 1 heterocycles. The van der Waals surface area contributed by atoms with E-state index in [4.69, 9.17) is 4.74 Å². The van der Waals surface area contributed by atoms with Gasteiger partial charge in [-0.3, -0.25) is 0 Å². The zero-order valence-corrected chi connectivity index (χ0v) is 7.91. The monoisotopic (exact) mass is 183 g/mol. The van der Waals surface area contributed by atoms with Crippen molar-refractivity contribution >= 4 is 0 Å². The Bertz CT molecular complexity index is 203. The maximum atomic E-state index is 9.63. The highest BCUT2D eigenvalue weighted by atomic mass is 16.5. The highest BCUT2D eigenvalue weighted by Gasteiger charge is 2.25. The molecule has 1 unspecified atom stereocenters. The van der Waals surface area contributed by atoms with Crippen LogP contribution in [0.15, 0.2) is 11.6 Å². The molecule has 1 aliphatic carbocycles. The van der Waals surface area contributed by atoms with Gasteiger partial charge in [0.1, 0.15) is 0 Å². The van der Waals surface area contributed by atoms with Crippen LogP contribution in [0.5, 0.6) is 0 Å². The van der Waals surface area contributed by atoms with E-state index in [0.29, 0.717) is 19.8 Å². The van der Waals surface area contributed by atoms with Gasteiger partial charge in [-0.1, -0.05) is 11.6 Å². The lowest BCUT2D eigenvalue weighted by Crippen LogP contribution is -2.44. The van der Waals surface area contributed by atoms with E-state index in [9.17, 15) is 5.21 Å². The van der Waals surface area contributed by atoms with Crippen LogP contribution in [0.3, 0.4) is 0 Å². The Morgan fingerprint density at radius 2 is 2.38 bits per heavy atom. The molecule has 0 saturated carbocycles. The van der Waals surface area contributed by atoms with Crippen LogP contribution < -0.4 is 0 Å². The minimum atomic E-state index is 0.133. The van der Waals surface area contributed by atoms with Gasteiger partial charge in [0.15, 0.2) is 0 Å². The second kappa shape index (κ2) is 4.22. The third-order valence-corrected chi connectivity index (χ3v) is 2.85. The molecule has 1 N–H and O–H groups in total. The Hall–Kier alpha value is -0.380. The molecule has 3 nitrogen and oxygen atoms in total.